The number of aryl methyl sites for hydroxylation is 2. The normalized spacial score (nSPS) is 15.7. The van der Waals surface area contributed by atoms with E-state index in [9.17, 15) is 4.79 Å². The fraction of sp³-hybridized carbons (Fsp3) is 0.474. The van der Waals surface area contributed by atoms with Crippen molar-refractivity contribution >= 4 is 17.2 Å². The molecule has 0 N–H and O–H groups in total. The molecule has 1 aromatic heterocycles. The van der Waals surface area contributed by atoms with Gasteiger partial charge in [0.05, 0.1) is 12.1 Å². The average molecular weight is 343 g/mol. The lowest BCUT2D eigenvalue weighted by Crippen LogP contribution is -2.48. The first kappa shape index (κ1) is 17.1. The van der Waals surface area contributed by atoms with Gasteiger partial charge in [0.1, 0.15) is 5.01 Å². The van der Waals surface area contributed by atoms with Crippen LogP contribution in [0.15, 0.2) is 24.3 Å². The van der Waals surface area contributed by atoms with E-state index in [2.05, 4.69) is 30.9 Å². The minimum atomic E-state index is 0.230. The Morgan fingerprint density at radius 1 is 1.17 bits per heavy atom. The Morgan fingerprint density at radius 3 is 2.54 bits per heavy atom. The van der Waals surface area contributed by atoms with E-state index in [-0.39, 0.29) is 5.91 Å². The van der Waals surface area contributed by atoms with E-state index < -0.39 is 0 Å². The molecule has 2 heterocycles. The Bertz CT molecular complexity index is 717. The van der Waals surface area contributed by atoms with Crippen molar-refractivity contribution in [2.75, 3.05) is 32.7 Å². The second-order valence-corrected chi connectivity index (χ2v) is 7.42. The number of thiazole rings is 1. The number of benzene rings is 1. The summed E-state index contributed by atoms with van der Waals surface area (Å²) < 4.78 is 0. The van der Waals surface area contributed by atoms with Crippen LogP contribution in [0.2, 0.25) is 0 Å². The lowest BCUT2D eigenvalue weighted by Gasteiger charge is -2.34. The highest BCUT2D eigenvalue weighted by molar-refractivity contribution is 7.15. The molecular weight excluding hydrogens is 318 g/mol. The molecule has 3 rings (SSSR count). The molecule has 5 heteroatoms. The second kappa shape index (κ2) is 7.45. The van der Waals surface area contributed by atoms with E-state index in [1.54, 1.807) is 11.3 Å². The summed E-state index contributed by atoms with van der Waals surface area (Å²) in [5.41, 5.74) is 3.37. The Labute approximate surface area is 148 Å². The largest absolute Gasteiger partial charge is 0.340 e. The minimum Gasteiger partial charge on any atom is -0.340 e. The van der Waals surface area contributed by atoms with Crippen LogP contribution in [0, 0.1) is 13.8 Å². The van der Waals surface area contributed by atoms with Crippen molar-refractivity contribution in [3.63, 3.8) is 0 Å². The van der Waals surface area contributed by atoms with Crippen LogP contribution in [-0.2, 0) is 11.2 Å². The number of hydrogen-bond donors (Lipinski definition) is 0. The van der Waals surface area contributed by atoms with Gasteiger partial charge >= 0.3 is 0 Å². The maximum atomic E-state index is 12.6. The molecule has 1 saturated heterocycles. The van der Waals surface area contributed by atoms with E-state index in [4.69, 9.17) is 4.98 Å². The zero-order valence-electron chi connectivity index (χ0n) is 14.7. The molecule has 1 aliphatic heterocycles. The van der Waals surface area contributed by atoms with Crippen molar-refractivity contribution < 1.29 is 4.79 Å². The maximum Gasteiger partial charge on any atom is 0.227 e. The Kier molecular flexibility index (Phi) is 5.31. The first-order valence-electron chi connectivity index (χ1n) is 8.61. The fourth-order valence-electron chi connectivity index (χ4n) is 3.08. The molecule has 0 unspecified atom stereocenters. The maximum absolute atomic E-state index is 12.6. The number of amides is 1. The number of rotatable bonds is 4. The fourth-order valence-corrected chi connectivity index (χ4v) is 4.23. The molecule has 0 bridgehead atoms. The molecule has 1 amide bonds. The van der Waals surface area contributed by atoms with Crippen LogP contribution in [0.1, 0.15) is 23.1 Å². The molecule has 4 nitrogen and oxygen atoms in total. The lowest BCUT2D eigenvalue weighted by atomic mass is 10.1. The highest BCUT2D eigenvalue weighted by Gasteiger charge is 2.22. The third-order valence-corrected chi connectivity index (χ3v) is 5.94. The standard InChI is InChI=1S/C19H25N3OS/c1-4-21-9-11-22(12-10-21)18(23)13-17-15(3)20-19(24-17)16-8-6-5-7-14(16)2/h5-8H,4,9-13H2,1-3H3. The summed E-state index contributed by atoms with van der Waals surface area (Å²) in [7, 11) is 0. The molecule has 0 spiro atoms. The van der Waals surface area contributed by atoms with E-state index >= 15 is 0 Å². The number of carbonyl (C=O) groups is 1. The number of likely N-dealkylation sites (N-methyl/N-ethyl adjacent to an activating group) is 1. The quantitative estimate of drug-likeness (QED) is 0.856. The number of piperazine rings is 1. The predicted molar refractivity (Wildman–Crippen MR) is 99.4 cm³/mol. The highest BCUT2D eigenvalue weighted by Crippen LogP contribution is 2.30. The summed E-state index contributed by atoms with van der Waals surface area (Å²) >= 11 is 1.66. The van der Waals surface area contributed by atoms with Gasteiger partial charge in [-0.2, -0.15) is 0 Å². The molecule has 0 radical (unpaired) electrons. The monoisotopic (exact) mass is 343 g/mol. The molecule has 2 aromatic rings. The summed E-state index contributed by atoms with van der Waals surface area (Å²) in [6, 6.07) is 8.28. The molecular formula is C19H25N3OS. The second-order valence-electron chi connectivity index (χ2n) is 6.33. The van der Waals surface area contributed by atoms with Crippen LogP contribution < -0.4 is 0 Å². The Morgan fingerprint density at radius 2 is 1.88 bits per heavy atom. The highest BCUT2D eigenvalue weighted by atomic mass is 32.1. The van der Waals surface area contributed by atoms with Crippen LogP contribution in [-0.4, -0.2) is 53.4 Å². The van der Waals surface area contributed by atoms with Gasteiger partial charge in [0, 0.05) is 36.6 Å². The van der Waals surface area contributed by atoms with Crippen LogP contribution >= 0.6 is 11.3 Å². The third kappa shape index (κ3) is 3.68. The Balaban J connectivity index is 1.70. The molecule has 0 aliphatic carbocycles. The van der Waals surface area contributed by atoms with Gasteiger partial charge in [-0.05, 0) is 26.0 Å². The number of aromatic nitrogens is 1. The summed E-state index contributed by atoms with van der Waals surface area (Å²) in [5, 5.41) is 1.02. The molecule has 24 heavy (non-hydrogen) atoms. The smallest absolute Gasteiger partial charge is 0.227 e. The molecule has 1 aliphatic rings. The van der Waals surface area contributed by atoms with Gasteiger partial charge < -0.3 is 9.80 Å². The van der Waals surface area contributed by atoms with Gasteiger partial charge in [0.2, 0.25) is 5.91 Å². The lowest BCUT2D eigenvalue weighted by molar-refractivity contribution is -0.132. The van der Waals surface area contributed by atoms with Crippen LogP contribution in [0.25, 0.3) is 10.6 Å². The van der Waals surface area contributed by atoms with Crippen LogP contribution in [0.5, 0.6) is 0 Å². The van der Waals surface area contributed by atoms with Crippen molar-refractivity contribution in [1.29, 1.82) is 0 Å². The minimum absolute atomic E-state index is 0.230. The Hall–Kier alpha value is -1.72. The number of nitrogens with zero attached hydrogens (tertiary/aromatic N) is 3. The molecule has 1 fully saturated rings. The molecule has 1 aromatic carbocycles. The summed E-state index contributed by atoms with van der Waals surface area (Å²) in [5.74, 6) is 0.230. The van der Waals surface area contributed by atoms with Crippen molar-refractivity contribution in [1.82, 2.24) is 14.8 Å². The van der Waals surface area contributed by atoms with Crippen LogP contribution in [0.4, 0.5) is 0 Å². The molecule has 0 saturated carbocycles. The van der Waals surface area contributed by atoms with Crippen molar-refractivity contribution in [3.05, 3.63) is 40.4 Å². The zero-order chi connectivity index (χ0) is 17.1. The SMILES string of the molecule is CCN1CCN(C(=O)Cc2sc(-c3ccccc3C)nc2C)CC1. The van der Waals surface area contributed by atoms with Gasteiger partial charge in [0.25, 0.3) is 0 Å². The number of carbonyl (C=O) groups excluding carboxylic acids is 1. The van der Waals surface area contributed by atoms with E-state index in [1.807, 2.05) is 24.0 Å². The van der Waals surface area contributed by atoms with Crippen molar-refractivity contribution in [2.45, 2.75) is 27.2 Å². The van der Waals surface area contributed by atoms with Crippen LogP contribution in [0.3, 0.4) is 0 Å². The first-order valence-corrected chi connectivity index (χ1v) is 9.42. The molecule has 128 valence electrons. The summed E-state index contributed by atoms with van der Waals surface area (Å²) in [6.45, 7) is 11.0. The van der Waals surface area contributed by atoms with Gasteiger partial charge in [-0.15, -0.1) is 11.3 Å². The molecule has 0 atom stereocenters. The number of hydrogen-bond acceptors (Lipinski definition) is 4. The van der Waals surface area contributed by atoms with Gasteiger partial charge in [-0.3, -0.25) is 4.79 Å². The van der Waals surface area contributed by atoms with E-state index in [1.165, 1.54) is 11.1 Å². The van der Waals surface area contributed by atoms with Gasteiger partial charge in [-0.25, -0.2) is 4.98 Å². The van der Waals surface area contributed by atoms with Crippen molar-refractivity contribution in [2.24, 2.45) is 0 Å². The summed E-state index contributed by atoms with van der Waals surface area (Å²) in [6.07, 6.45) is 0.474. The van der Waals surface area contributed by atoms with Gasteiger partial charge in [0.15, 0.2) is 0 Å². The average Bonchev–Trinajstić information content (AvgIpc) is 2.95. The summed E-state index contributed by atoms with van der Waals surface area (Å²) in [4.78, 5) is 22.8. The topological polar surface area (TPSA) is 36.4 Å². The zero-order valence-corrected chi connectivity index (χ0v) is 15.5. The third-order valence-electron chi connectivity index (χ3n) is 4.75. The van der Waals surface area contributed by atoms with Crippen molar-refractivity contribution in [3.8, 4) is 10.6 Å². The predicted octanol–water partition coefficient (Wildman–Crippen LogP) is 3.13. The van der Waals surface area contributed by atoms with Gasteiger partial charge in [-0.1, -0.05) is 31.2 Å². The van der Waals surface area contributed by atoms with E-state index in [0.29, 0.717) is 6.42 Å². The first-order chi connectivity index (χ1) is 11.6. The van der Waals surface area contributed by atoms with E-state index in [0.717, 1.165) is 48.3 Å².